The zero-order valence-corrected chi connectivity index (χ0v) is 10.5. The van der Waals surface area contributed by atoms with Crippen LogP contribution >= 0.6 is 0 Å². The number of hydrogen-bond donors (Lipinski definition) is 1. The summed E-state index contributed by atoms with van der Waals surface area (Å²) in [7, 11) is 0. The molecule has 1 saturated heterocycles. The summed E-state index contributed by atoms with van der Waals surface area (Å²) < 4.78 is 5.31. The zero-order chi connectivity index (χ0) is 12.8. The zero-order valence-electron chi connectivity index (χ0n) is 10.5. The number of aryl methyl sites for hydroxylation is 1. The largest absolute Gasteiger partial charge is 0.411 e. The lowest BCUT2D eigenvalue weighted by Crippen LogP contribution is -2.13. The summed E-state index contributed by atoms with van der Waals surface area (Å²) >= 11 is 0. The highest BCUT2D eigenvalue weighted by atomic mass is 16.5. The Bertz CT molecular complexity index is 491. The van der Waals surface area contributed by atoms with Gasteiger partial charge in [0.1, 0.15) is 0 Å². The second-order valence-electron chi connectivity index (χ2n) is 4.49. The maximum atomic E-state index is 8.66. The van der Waals surface area contributed by atoms with Crippen molar-refractivity contribution in [3.8, 4) is 11.8 Å². The molecule has 0 spiro atoms. The first-order valence-electron chi connectivity index (χ1n) is 6.17. The van der Waals surface area contributed by atoms with E-state index in [1.54, 1.807) is 0 Å². The molecule has 1 heterocycles. The Balaban J connectivity index is 2.19. The van der Waals surface area contributed by atoms with Crippen molar-refractivity contribution in [3.05, 3.63) is 34.9 Å². The lowest BCUT2D eigenvalue weighted by Gasteiger charge is -2.16. The number of hydrogen-bond acceptors (Lipinski definition) is 3. The van der Waals surface area contributed by atoms with Gasteiger partial charge in [-0.25, -0.2) is 0 Å². The molecule has 1 N–H and O–H groups in total. The van der Waals surface area contributed by atoms with E-state index in [-0.39, 0.29) is 0 Å². The third-order valence-corrected chi connectivity index (χ3v) is 3.04. The molecular weight excluding hydrogens is 226 g/mol. The van der Waals surface area contributed by atoms with E-state index in [0.717, 1.165) is 42.7 Å². The van der Waals surface area contributed by atoms with Gasteiger partial charge in [-0.1, -0.05) is 28.6 Å². The van der Waals surface area contributed by atoms with Gasteiger partial charge in [0.25, 0.3) is 0 Å². The highest BCUT2D eigenvalue weighted by Gasteiger charge is 2.10. The van der Waals surface area contributed by atoms with Crippen LogP contribution in [0.2, 0.25) is 0 Å². The smallest absolute Gasteiger partial charge is 0.0746 e. The predicted molar refractivity (Wildman–Crippen MR) is 71.0 cm³/mol. The topological polar surface area (TPSA) is 41.8 Å². The average molecular weight is 243 g/mol. The molecule has 1 aliphatic heterocycles. The van der Waals surface area contributed by atoms with E-state index in [9.17, 15) is 0 Å². The fourth-order valence-corrected chi connectivity index (χ4v) is 1.99. The SMILES string of the molecule is Cc1ccc(C#CC2CCOCC2)c(/C=N/O)c1. The van der Waals surface area contributed by atoms with Gasteiger partial charge >= 0.3 is 0 Å². The summed E-state index contributed by atoms with van der Waals surface area (Å²) in [6, 6.07) is 5.95. The van der Waals surface area contributed by atoms with Gasteiger partial charge in [0.15, 0.2) is 0 Å². The van der Waals surface area contributed by atoms with Crippen molar-refractivity contribution in [1.82, 2.24) is 0 Å². The lowest BCUT2D eigenvalue weighted by molar-refractivity contribution is 0.0807. The molecule has 3 heteroatoms. The van der Waals surface area contributed by atoms with E-state index in [4.69, 9.17) is 9.94 Å². The Kier molecular flexibility index (Phi) is 4.38. The van der Waals surface area contributed by atoms with Gasteiger partial charge in [0.2, 0.25) is 0 Å². The molecule has 1 aromatic carbocycles. The summed E-state index contributed by atoms with van der Waals surface area (Å²) in [5.41, 5.74) is 2.89. The number of ether oxygens (including phenoxy) is 1. The monoisotopic (exact) mass is 243 g/mol. The molecule has 18 heavy (non-hydrogen) atoms. The maximum Gasteiger partial charge on any atom is 0.0746 e. The van der Waals surface area contributed by atoms with Crippen LogP contribution in [-0.2, 0) is 4.74 Å². The van der Waals surface area contributed by atoms with Crippen molar-refractivity contribution in [2.45, 2.75) is 19.8 Å². The van der Waals surface area contributed by atoms with Crippen LogP contribution in [0.5, 0.6) is 0 Å². The molecule has 1 fully saturated rings. The van der Waals surface area contributed by atoms with Crippen LogP contribution in [0.25, 0.3) is 0 Å². The van der Waals surface area contributed by atoms with Crippen LogP contribution in [-0.4, -0.2) is 24.6 Å². The highest BCUT2D eigenvalue weighted by Crippen LogP contribution is 2.14. The van der Waals surface area contributed by atoms with Crippen molar-refractivity contribution in [1.29, 1.82) is 0 Å². The summed E-state index contributed by atoms with van der Waals surface area (Å²) in [4.78, 5) is 0. The van der Waals surface area contributed by atoms with Crippen LogP contribution in [0.15, 0.2) is 23.4 Å². The number of oxime groups is 1. The van der Waals surface area contributed by atoms with Crippen molar-refractivity contribution in [2.24, 2.45) is 11.1 Å². The van der Waals surface area contributed by atoms with Crippen molar-refractivity contribution >= 4 is 6.21 Å². The molecule has 2 rings (SSSR count). The number of nitrogens with zero attached hydrogens (tertiary/aromatic N) is 1. The molecule has 0 aliphatic carbocycles. The Morgan fingerprint density at radius 2 is 2.17 bits per heavy atom. The van der Waals surface area contributed by atoms with Crippen molar-refractivity contribution in [3.63, 3.8) is 0 Å². The Labute approximate surface area is 107 Å². The molecule has 0 aromatic heterocycles. The molecule has 0 unspecified atom stereocenters. The molecule has 0 bridgehead atoms. The van der Waals surface area contributed by atoms with Gasteiger partial charge in [0, 0.05) is 30.3 Å². The second-order valence-corrected chi connectivity index (χ2v) is 4.49. The summed E-state index contributed by atoms with van der Waals surface area (Å²) in [5.74, 6) is 6.89. The van der Waals surface area contributed by atoms with Gasteiger partial charge in [-0.3, -0.25) is 0 Å². The van der Waals surface area contributed by atoms with E-state index in [0.29, 0.717) is 5.92 Å². The molecule has 0 radical (unpaired) electrons. The first-order chi connectivity index (χ1) is 8.79. The van der Waals surface area contributed by atoms with Crippen LogP contribution in [0.3, 0.4) is 0 Å². The van der Waals surface area contributed by atoms with E-state index >= 15 is 0 Å². The normalized spacial score (nSPS) is 16.5. The van der Waals surface area contributed by atoms with Gasteiger partial charge < -0.3 is 9.94 Å². The van der Waals surface area contributed by atoms with Crippen LogP contribution < -0.4 is 0 Å². The number of rotatable bonds is 1. The summed E-state index contributed by atoms with van der Waals surface area (Å²) in [6.07, 6.45) is 3.44. The highest BCUT2D eigenvalue weighted by molar-refractivity contribution is 5.83. The van der Waals surface area contributed by atoms with Gasteiger partial charge in [-0.2, -0.15) is 0 Å². The lowest BCUT2D eigenvalue weighted by atomic mass is 9.99. The molecule has 1 aromatic rings. The number of benzene rings is 1. The Morgan fingerprint density at radius 1 is 1.39 bits per heavy atom. The summed E-state index contributed by atoms with van der Waals surface area (Å²) in [6.45, 7) is 3.61. The maximum absolute atomic E-state index is 8.66. The van der Waals surface area contributed by atoms with Gasteiger partial charge in [-0.15, -0.1) is 0 Å². The first-order valence-corrected chi connectivity index (χ1v) is 6.17. The summed E-state index contributed by atoms with van der Waals surface area (Å²) in [5, 5.41) is 11.7. The van der Waals surface area contributed by atoms with Gasteiger partial charge in [0.05, 0.1) is 6.21 Å². The fraction of sp³-hybridized carbons (Fsp3) is 0.400. The molecule has 1 aliphatic rings. The molecule has 3 nitrogen and oxygen atoms in total. The fourth-order valence-electron chi connectivity index (χ4n) is 1.99. The third-order valence-electron chi connectivity index (χ3n) is 3.04. The predicted octanol–water partition coefficient (Wildman–Crippen LogP) is 2.58. The Morgan fingerprint density at radius 3 is 2.89 bits per heavy atom. The van der Waals surface area contributed by atoms with Crippen molar-refractivity contribution < 1.29 is 9.94 Å². The molecule has 94 valence electrons. The van der Waals surface area contributed by atoms with Crippen molar-refractivity contribution in [2.75, 3.05) is 13.2 Å². The third kappa shape index (κ3) is 3.35. The standard InChI is InChI=1S/C15H17NO2/c1-12-2-4-14(15(10-12)11-16-17)5-3-13-6-8-18-9-7-13/h2,4,10-11,13,17H,6-9H2,1H3/b16-11+. The quantitative estimate of drug-likeness (QED) is 0.356. The van der Waals surface area contributed by atoms with E-state index in [1.165, 1.54) is 6.21 Å². The molecule has 0 atom stereocenters. The Hall–Kier alpha value is -1.79. The van der Waals surface area contributed by atoms with E-state index in [2.05, 4.69) is 17.0 Å². The van der Waals surface area contributed by atoms with Crippen LogP contribution in [0.4, 0.5) is 0 Å². The van der Waals surface area contributed by atoms with E-state index in [1.807, 2.05) is 25.1 Å². The molecule has 0 amide bonds. The van der Waals surface area contributed by atoms with E-state index < -0.39 is 0 Å². The first kappa shape index (κ1) is 12.7. The minimum Gasteiger partial charge on any atom is -0.411 e. The van der Waals surface area contributed by atoms with Gasteiger partial charge in [-0.05, 0) is 31.9 Å². The second kappa shape index (κ2) is 6.23. The average Bonchev–Trinajstić information content (AvgIpc) is 2.39. The van der Waals surface area contributed by atoms with Crippen LogP contribution in [0, 0.1) is 24.7 Å². The minimum absolute atomic E-state index is 0.416. The van der Waals surface area contributed by atoms with Crippen LogP contribution in [0.1, 0.15) is 29.5 Å². The molecule has 0 saturated carbocycles. The minimum atomic E-state index is 0.416. The molecular formula is C15H17NO2.